The third-order valence-electron chi connectivity index (χ3n) is 4.38. The van der Waals surface area contributed by atoms with Gasteiger partial charge in [-0.1, -0.05) is 66.8 Å². The normalized spacial score (nSPS) is 15.7. The summed E-state index contributed by atoms with van der Waals surface area (Å²) in [6, 6.07) is 9.85. The molecule has 1 aromatic carbocycles. The van der Waals surface area contributed by atoms with Crippen molar-refractivity contribution < 1.29 is 19.5 Å². The van der Waals surface area contributed by atoms with Crippen LogP contribution in [0.15, 0.2) is 46.9 Å². The van der Waals surface area contributed by atoms with Gasteiger partial charge in [-0.25, -0.2) is 0 Å². The Morgan fingerprint density at radius 2 is 1.90 bits per heavy atom. The predicted molar refractivity (Wildman–Crippen MR) is 124 cm³/mol. The zero-order valence-corrected chi connectivity index (χ0v) is 18.6. The third-order valence-corrected chi connectivity index (χ3v) is 5.76. The Bertz CT molecular complexity index is 850. The van der Waals surface area contributed by atoms with E-state index < -0.39 is 5.97 Å². The summed E-state index contributed by atoms with van der Waals surface area (Å²) in [7, 11) is 0. The van der Waals surface area contributed by atoms with Gasteiger partial charge in [0, 0.05) is 25.9 Å². The van der Waals surface area contributed by atoms with Crippen LogP contribution in [-0.2, 0) is 14.4 Å². The summed E-state index contributed by atoms with van der Waals surface area (Å²) in [5, 5.41) is 11.4. The molecule has 2 N–H and O–H groups in total. The fourth-order valence-electron chi connectivity index (χ4n) is 2.86. The van der Waals surface area contributed by atoms with Crippen LogP contribution in [0.3, 0.4) is 0 Å². The van der Waals surface area contributed by atoms with Crippen molar-refractivity contribution in [3.05, 3.63) is 52.4 Å². The number of amides is 2. The van der Waals surface area contributed by atoms with E-state index in [-0.39, 0.29) is 31.2 Å². The second-order valence-corrected chi connectivity index (χ2v) is 8.61. The van der Waals surface area contributed by atoms with Crippen LogP contribution in [0, 0.1) is 0 Å². The first-order valence-electron chi connectivity index (χ1n) is 9.84. The minimum absolute atomic E-state index is 0.147. The molecule has 0 atom stereocenters. The molecule has 1 aromatic rings. The van der Waals surface area contributed by atoms with Crippen LogP contribution in [0.25, 0.3) is 6.08 Å². The van der Waals surface area contributed by atoms with Crippen molar-refractivity contribution in [2.45, 2.75) is 39.0 Å². The van der Waals surface area contributed by atoms with E-state index in [9.17, 15) is 14.4 Å². The van der Waals surface area contributed by atoms with Crippen molar-refractivity contribution in [1.29, 1.82) is 0 Å². The molecular formula is C22H26N2O4S2. The van der Waals surface area contributed by atoms with Gasteiger partial charge in [-0.05, 0) is 37.0 Å². The van der Waals surface area contributed by atoms with E-state index >= 15 is 0 Å². The van der Waals surface area contributed by atoms with Crippen LogP contribution in [-0.4, -0.2) is 45.2 Å². The number of nitrogens with one attached hydrogen (secondary N) is 1. The molecule has 6 nitrogen and oxygen atoms in total. The maximum atomic E-state index is 12.6. The highest BCUT2D eigenvalue weighted by atomic mass is 32.2. The van der Waals surface area contributed by atoms with E-state index in [1.54, 1.807) is 0 Å². The van der Waals surface area contributed by atoms with Gasteiger partial charge in [0.25, 0.3) is 5.91 Å². The third kappa shape index (κ3) is 8.12. The number of hydrogen-bond acceptors (Lipinski definition) is 5. The average Bonchev–Trinajstić information content (AvgIpc) is 2.96. The molecule has 2 rings (SSSR count). The smallest absolute Gasteiger partial charge is 0.303 e. The first-order valence-corrected chi connectivity index (χ1v) is 11.1. The molecule has 8 heteroatoms. The van der Waals surface area contributed by atoms with Gasteiger partial charge in [0.15, 0.2) is 0 Å². The van der Waals surface area contributed by atoms with Gasteiger partial charge in [0.2, 0.25) is 5.91 Å². The van der Waals surface area contributed by atoms with Gasteiger partial charge in [0.1, 0.15) is 4.32 Å². The molecule has 0 radical (unpaired) electrons. The summed E-state index contributed by atoms with van der Waals surface area (Å²) in [5.41, 5.74) is 2.00. The largest absolute Gasteiger partial charge is 0.481 e. The highest BCUT2D eigenvalue weighted by Gasteiger charge is 2.31. The summed E-state index contributed by atoms with van der Waals surface area (Å²) in [4.78, 5) is 37.1. The molecule has 0 bridgehead atoms. The molecule has 1 heterocycles. The summed E-state index contributed by atoms with van der Waals surface area (Å²) < 4.78 is 0.459. The SMILES string of the molecule is CC(=C\c1ccccc1)/C=C1/SC(=S)N(CCC(=O)NCCCCCC(=O)O)C1=O. The van der Waals surface area contributed by atoms with E-state index in [1.165, 1.54) is 16.7 Å². The molecule has 0 spiro atoms. The quantitative estimate of drug-likeness (QED) is 0.304. The van der Waals surface area contributed by atoms with E-state index in [0.717, 1.165) is 24.0 Å². The number of benzene rings is 1. The number of allylic oxidation sites excluding steroid dienone is 2. The van der Waals surface area contributed by atoms with Crippen molar-refractivity contribution in [3.63, 3.8) is 0 Å². The minimum Gasteiger partial charge on any atom is -0.481 e. The lowest BCUT2D eigenvalue weighted by atomic mass is 10.1. The molecule has 160 valence electrons. The molecule has 0 unspecified atom stereocenters. The summed E-state index contributed by atoms with van der Waals surface area (Å²) >= 11 is 6.56. The van der Waals surface area contributed by atoms with Crippen LogP contribution in [0.4, 0.5) is 0 Å². The van der Waals surface area contributed by atoms with E-state index in [1.807, 2.05) is 49.4 Å². The van der Waals surface area contributed by atoms with Crippen molar-refractivity contribution in [2.24, 2.45) is 0 Å². The van der Waals surface area contributed by atoms with Crippen LogP contribution in [0.2, 0.25) is 0 Å². The zero-order valence-electron chi connectivity index (χ0n) is 16.9. The number of thioether (sulfide) groups is 1. The molecule has 1 aliphatic heterocycles. The average molecular weight is 447 g/mol. The maximum Gasteiger partial charge on any atom is 0.303 e. The highest BCUT2D eigenvalue weighted by molar-refractivity contribution is 8.26. The van der Waals surface area contributed by atoms with Crippen LogP contribution < -0.4 is 5.32 Å². The number of nitrogens with zero attached hydrogens (tertiary/aromatic N) is 1. The van der Waals surface area contributed by atoms with Gasteiger partial charge in [-0.2, -0.15) is 0 Å². The summed E-state index contributed by atoms with van der Waals surface area (Å²) in [6.07, 6.45) is 6.23. The van der Waals surface area contributed by atoms with Crippen molar-refractivity contribution >= 4 is 52.2 Å². The van der Waals surface area contributed by atoms with Crippen molar-refractivity contribution in [2.75, 3.05) is 13.1 Å². The first-order chi connectivity index (χ1) is 14.4. The van der Waals surface area contributed by atoms with E-state index in [2.05, 4.69) is 5.32 Å². The molecular weight excluding hydrogens is 420 g/mol. The minimum atomic E-state index is -0.803. The lowest BCUT2D eigenvalue weighted by molar-refractivity contribution is -0.137. The summed E-state index contributed by atoms with van der Waals surface area (Å²) in [6.45, 7) is 2.68. The Morgan fingerprint density at radius 3 is 2.60 bits per heavy atom. The molecule has 1 fully saturated rings. The number of unbranched alkanes of at least 4 members (excludes halogenated alkanes) is 2. The van der Waals surface area contributed by atoms with Gasteiger partial charge in [0.05, 0.1) is 4.91 Å². The highest BCUT2D eigenvalue weighted by Crippen LogP contribution is 2.32. The lowest BCUT2D eigenvalue weighted by Gasteiger charge is -2.14. The molecule has 0 aliphatic carbocycles. The van der Waals surface area contributed by atoms with Crippen molar-refractivity contribution in [1.82, 2.24) is 10.2 Å². The molecule has 30 heavy (non-hydrogen) atoms. The first kappa shape index (κ1) is 23.8. The standard InChI is InChI=1S/C22H26N2O4S2/c1-16(14-17-8-4-2-5-9-17)15-18-21(28)24(22(29)30-18)13-11-19(25)23-12-7-3-6-10-20(26)27/h2,4-5,8-9,14-15H,3,6-7,10-13H2,1H3,(H,23,25)(H,26,27)/b16-14+,18-15+. The number of aliphatic carboxylic acids is 1. The maximum absolute atomic E-state index is 12.6. The molecule has 0 aromatic heterocycles. The number of rotatable bonds is 11. The number of hydrogen-bond donors (Lipinski definition) is 2. The second kappa shape index (κ2) is 12.3. The molecule has 0 saturated carbocycles. The number of carboxylic acids is 1. The fourth-order valence-corrected chi connectivity index (χ4v) is 4.22. The van der Waals surface area contributed by atoms with Crippen LogP contribution in [0.5, 0.6) is 0 Å². The number of thiocarbonyl (C=S) groups is 1. The molecule has 1 aliphatic rings. The second-order valence-electron chi connectivity index (χ2n) is 6.94. The van der Waals surface area contributed by atoms with E-state index in [4.69, 9.17) is 17.3 Å². The predicted octanol–water partition coefficient (Wildman–Crippen LogP) is 3.99. The summed E-state index contributed by atoms with van der Waals surface area (Å²) in [5.74, 6) is -1.12. The lowest BCUT2D eigenvalue weighted by Crippen LogP contribution is -2.33. The molecule has 1 saturated heterocycles. The Balaban J connectivity index is 1.78. The number of carbonyl (C=O) groups is 3. The van der Waals surface area contributed by atoms with Gasteiger partial charge < -0.3 is 10.4 Å². The van der Waals surface area contributed by atoms with Crippen LogP contribution in [0.1, 0.15) is 44.6 Å². The van der Waals surface area contributed by atoms with Gasteiger partial charge >= 0.3 is 5.97 Å². The topological polar surface area (TPSA) is 86.7 Å². The Kier molecular flexibility index (Phi) is 9.76. The number of carboxylic acid groups (broad SMARTS) is 1. The Labute approximate surface area is 186 Å². The van der Waals surface area contributed by atoms with Crippen molar-refractivity contribution in [3.8, 4) is 0 Å². The van der Waals surface area contributed by atoms with E-state index in [0.29, 0.717) is 22.2 Å². The van der Waals surface area contributed by atoms with Gasteiger partial charge in [-0.3, -0.25) is 19.3 Å². The Morgan fingerprint density at radius 1 is 1.17 bits per heavy atom. The van der Waals surface area contributed by atoms with Gasteiger partial charge in [-0.15, -0.1) is 0 Å². The number of carbonyl (C=O) groups excluding carboxylic acids is 2. The Hall–Kier alpha value is -2.45. The molecule has 2 amide bonds. The van der Waals surface area contributed by atoms with Crippen LogP contribution >= 0.6 is 24.0 Å². The monoisotopic (exact) mass is 446 g/mol. The fraction of sp³-hybridized carbons (Fsp3) is 0.364. The zero-order chi connectivity index (χ0) is 21.9.